The molecule has 5 nitrogen and oxygen atoms in total. The maximum Gasteiger partial charge on any atom is 0.161 e. The Balaban J connectivity index is 1.32. The van der Waals surface area contributed by atoms with Crippen LogP contribution in [0.1, 0.15) is 30.0 Å². The zero-order chi connectivity index (χ0) is 18.8. The molecule has 5 rings (SSSR count). The highest BCUT2D eigenvalue weighted by atomic mass is 16.6. The third-order valence-electron chi connectivity index (χ3n) is 5.51. The van der Waals surface area contributed by atoms with Crippen LogP contribution in [0.2, 0.25) is 0 Å². The van der Waals surface area contributed by atoms with E-state index in [1.165, 1.54) is 24.0 Å². The predicted octanol–water partition coefficient (Wildman–Crippen LogP) is 4.25. The Kier molecular flexibility index (Phi) is 4.67. The molecule has 3 aromatic rings. The molecule has 0 bridgehead atoms. The molecule has 5 heteroatoms. The SMILES string of the molecule is c1cnc(-c2ccc(CN3CCC[C@@H]3c3ccc4c(c3)OCCO4)cc2)cn1. The Labute approximate surface area is 165 Å². The Morgan fingerprint density at radius 3 is 2.64 bits per heavy atom. The molecule has 2 aromatic carbocycles. The molecule has 0 saturated carbocycles. The molecule has 2 aliphatic rings. The molecular weight excluding hydrogens is 350 g/mol. The lowest BCUT2D eigenvalue weighted by atomic mass is 10.0. The van der Waals surface area contributed by atoms with Crippen molar-refractivity contribution in [1.29, 1.82) is 0 Å². The molecule has 2 aliphatic heterocycles. The molecule has 3 heterocycles. The summed E-state index contributed by atoms with van der Waals surface area (Å²) in [5.74, 6) is 1.74. The third kappa shape index (κ3) is 3.45. The van der Waals surface area contributed by atoms with Gasteiger partial charge in [-0.1, -0.05) is 30.3 Å². The number of nitrogens with zero attached hydrogens (tertiary/aromatic N) is 3. The van der Waals surface area contributed by atoms with Crippen molar-refractivity contribution in [3.63, 3.8) is 0 Å². The van der Waals surface area contributed by atoms with Crippen LogP contribution in [0.25, 0.3) is 11.3 Å². The summed E-state index contributed by atoms with van der Waals surface area (Å²) in [7, 11) is 0. The molecule has 0 aliphatic carbocycles. The molecule has 0 unspecified atom stereocenters. The molecule has 0 amide bonds. The number of hydrogen-bond donors (Lipinski definition) is 0. The minimum absolute atomic E-state index is 0.426. The number of benzene rings is 2. The van der Waals surface area contributed by atoms with Gasteiger partial charge in [0.25, 0.3) is 0 Å². The maximum atomic E-state index is 5.78. The number of ether oxygens (including phenoxy) is 2. The second-order valence-electron chi connectivity index (χ2n) is 7.32. The van der Waals surface area contributed by atoms with Crippen LogP contribution in [0.4, 0.5) is 0 Å². The van der Waals surface area contributed by atoms with Crippen LogP contribution < -0.4 is 9.47 Å². The molecule has 28 heavy (non-hydrogen) atoms. The summed E-state index contributed by atoms with van der Waals surface area (Å²) in [6.07, 6.45) is 7.62. The smallest absolute Gasteiger partial charge is 0.161 e. The van der Waals surface area contributed by atoms with Gasteiger partial charge in [0.1, 0.15) is 13.2 Å². The van der Waals surface area contributed by atoms with E-state index in [1.807, 2.05) is 0 Å². The Bertz CT molecular complexity index is 944. The monoisotopic (exact) mass is 373 g/mol. The molecular formula is C23H23N3O2. The van der Waals surface area contributed by atoms with Gasteiger partial charge in [0, 0.05) is 30.5 Å². The van der Waals surface area contributed by atoms with Crippen LogP contribution in [-0.4, -0.2) is 34.6 Å². The summed E-state index contributed by atoms with van der Waals surface area (Å²) >= 11 is 0. The van der Waals surface area contributed by atoms with Gasteiger partial charge < -0.3 is 9.47 Å². The van der Waals surface area contributed by atoms with E-state index in [2.05, 4.69) is 57.3 Å². The third-order valence-corrected chi connectivity index (χ3v) is 5.51. The van der Waals surface area contributed by atoms with Crippen molar-refractivity contribution in [1.82, 2.24) is 14.9 Å². The predicted molar refractivity (Wildman–Crippen MR) is 107 cm³/mol. The minimum Gasteiger partial charge on any atom is -0.486 e. The van der Waals surface area contributed by atoms with Crippen molar-refractivity contribution in [2.45, 2.75) is 25.4 Å². The zero-order valence-electron chi connectivity index (χ0n) is 15.8. The highest BCUT2D eigenvalue weighted by Gasteiger charge is 2.27. The summed E-state index contributed by atoms with van der Waals surface area (Å²) in [6.45, 7) is 3.32. The molecule has 0 spiro atoms. The van der Waals surface area contributed by atoms with Gasteiger partial charge >= 0.3 is 0 Å². The first-order chi connectivity index (χ1) is 13.9. The lowest BCUT2D eigenvalue weighted by Gasteiger charge is -2.26. The van der Waals surface area contributed by atoms with Crippen LogP contribution >= 0.6 is 0 Å². The molecule has 1 atom stereocenters. The molecule has 0 N–H and O–H groups in total. The Hall–Kier alpha value is -2.92. The van der Waals surface area contributed by atoms with Crippen LogP contribution in [-0.2, 0) is 6.54 Å². The van der Waals surface area contributed by atoms with E-state index in [0.29, 0.717) is 19.3 Å². The molecule has 1 fully saturated rings. The van der Waals surface area contributed by atoms with Crippen molar-refractivity contribution < 1.29 is 9.47 Å². The molecule has 142 valence electrons. The van der Waals surface area contributed by atoms with E-state index in [1.54, 1.807) is 18.6 Å². The lowest BCUT2D eigenvalue weighted by molar-refractivity contribution is 0.170. The summed E-state index contributed by atoms with van der Waals surface area (Å²) < 4.78 is 11.4. The first-order valence-corrected chi connectivity index (χ1v) is 9.86. The molecule has 0 radical (unpaired) electrons. The van der Waals surface area contributed by atoms with Crippen LogP contribution in [0, 0.1) is 0 Å². The highest BCUT2D eigenvalue weighted by Crippen LogP contribution is 2.38. The van der Waals surface area contributed by atoms with Crippen molar-refractivity contribution in [3.05, 3.63) is 72.2 Å². The van der Waals surface area contributed by atoms with Gasteiger partial charge in [-0.2, -0.15) is 0 Å². The fraction of sp³-hybridized carbons (Fsp3) is 0.304. The Morgan fingerprint density at radius 1 is 0.964 bits per heavy atom. The number of fused-ring (bicyclic) bond motifs is 1. The standard InChI is InChI=1S/C23H23N3O2/c1-2-21(19-7-8-22-23(14-19)28-13-12-27-22)26(11-1)16-17-3-5-18(6-4-17)20-15-24-9-10-25-20/h3-10,14-15,21H,1-2,11-13,16H2/t21-/m1/s1. The number of hydrogen-bond acceptors (Lipinski definition) is 5. The van der Waals surface area contributed by atoms with Gasteiger partial charge in [-0.05, 0) is 42.6 Å². The van der Waals surface area contributed by atoms with Gasteiger partial charge in [-0.3, -0.25) is 14.9 Å². The van der Waals surface area contributed by atoms with E-state index in [0.717, 1.165) is 35.8 Å². The van der Waals surface area contributed by atoms with Gasteiger partial charge in [0.15, 0.2) is 11.5 Å². The van der Waals surface area contributed by atoms with Crippen molar-refractivity contribution in [2.75, 3.05) is 19.8 Å². The van der Waals surface area contributed by atoms with Gasteiger partial charge in [-0.15, -0.1) is 0 Å². The number of aromatic nitrogens is 2. The topological polar surface area (TPSA) is 47.5 Å². The largest absolute Gasteiger partial charge is 0.486 e. The normalized spacial score (nSPS) is 18.9. The van der Waals surface area contributed by atoms with E-state index < -0.39 is 0 Å². The number of rotatable bonds is 4. The zero-order valence-corrected chi connectivity index (χ0v) is 15.8. The maximum absolute atomic E-state index is 5.78. The van der Waals surface area contributed by atoms with Crippen LogP contribution in [0.3, 0.4) is 0 Å². The summed E-state index contributed by atoms with van der Waals surface area (Å²) in [6, 6.07) is 15.5. The van der Waals surface area contributed by atoms with Gasteiger partial charge in [-0.25, -0.2) is 0 Å². The molecule has 1 aromatic heterocycles. The van der Waals surface area contributed by atoms with E-state index in [9.17, 15) is 0 Å². The second kappa shape index (κ2) is 7.60. The molecule has 1 saturated heterocycles. The second-order valence-corrected chi connectivity index (χ2v) is 7.32. The minimum atomic E-state index is 0.426. The average molecular weight is 373 g/mol. The Morgan fingerprint density at radius 2 is 1.82 bits per heavy atom. The van der Waals surface area contributed by atoms with E-state index in [4.69, 9.17) is 9.47 Å². The van der Waals surface area contributed by atoms with Crippen molar-refractivity contribution in [2.24, 2.45) is 0 Å². The highest BCUT2D eigenvalue weighted by molar-refractivity contribution is 5.58. The van der Waals surface area contributed by atoms with Crippen molar-refractivity contribution >= 4 is 0 Å². The fourth-order valence-corrected chi connectivity index (χ4v) is 4.12. The van der Waals surface area contributed by atoms with Gasteiger partial charge in [0.05, 0.1) is 11.9 Å². The van der Waals surface area contributed by atoms with Crippen LogP contribution in [0.15, 0.2) is 61.1 Å². The summed E-state index contributed by atoms with van der Waals surface area (Å²) in [5.41, 5.74) is 4.64. The van der Waals surface area contributed by atoms with Crippen molar-refractivity contribution in [3.8, 4) is 22.8 Å². The van der Waals surface area contributed by atoms with Gasteiger partial charge in [0.2, 0.25) is 0 Å². The first kappa shape index (κ1) is 17.2. The number of likely N-dealkylation sites (tertiary alicyclic amines) is 1. The summed E-state index contributed by atoms with van der Waals surface area (Å²) in [5, 5.41) is 0. The lowest BCUT2D eigenvalue weighted by Crippen LogP contribution is -2.23. The van der Waals surface area contributed by atoms with E-state index in [-0.39, 0.29) is 0 Å². The average Bonchev–Trinajstić information content (AvgIpc) is 3.23. The van der Waals surface area contributed by atoms with Crippen LogP contribution in [0.5, 0.6) is 11.5 Å². The quantitative estimate of drug-likeness (QED) is 0.684. The summed E-state index contributed by atoms with van der Waals surface area (Å²) in [4.78, 5) is 11.1. The fourth-order valence-electron chi connectivity index (χ4n) is 4.12. The first-order valence-electron chi connectivity index (χ1n) is 9.86. The van der Waals surface area contributed by atoms with E-state index >= 15 is 0 Å².